The van der Waals surface area contributed by atoms with Gasteiger partial charge in [0.2, 0.25) is 10.0 Å². The van der Waals surface area contributed by atoms with Crippen molar-refractivity contribution in [3.8, 4) is 0 Å². The van der Waals surface area contributed by atoms with Crippen molar-refractivity contribution in [1.29, 1.82) is 0 Å². The third kappa shape index (κ3) is 2.82. The smallest absolute Gasteiger partial charge is 0.240 e. The molecule has 1 aliphatic rings. The Kier molecular flexibility index (Phi) is 3.63. The summed E-state index contributed by atoms with van der Waals surface area (Å²) in [5.74, 6) is 0. The highest BCUT2D eigenvalue weighted by molar-refractivity contribution is 9.10. The molecule has 0 spiro atoms. The fraction of sp³-hybridized carbons (Fsp3) is 0.400. The number of rotatable bonds is 3. The normalized spacial score (nSPS) is 21.2. The molecule has 0 radical (unpaired) electrons. The maximum atomic E-state index is 11.9. The monoisotopic (exact) mass is 304 g/mol. The number of hydrogen-bond acceptors (Lipinski definition) is 3. The van der Waals surface area contributed by atoms with E-state index in [1.165, 1.54) is 0 Å². The van der Waals surface area contributed by atoms with Gasteiger partial charge >= 0.3 is 0 Å². The van der Waals surface area contributed by atoms with Gasteiger partial charge in [-0.1, -0.05) is 15.9 Å². The summed E-state index contributed by atoms with van der Waals surface area (Å²) in [4.78, 5) is 0.308. The van der Waals surface area contributed by atoms with Gasteiger partial charge in [-0.25, -0.2) is 13.1 Å². The summed E-state index contributed by atoms with van der Waals surface area (Å²) in [6.45, 7) is 1.57. The zero-order valence-electron chi connectivity index (χ0n) is 8.61. The Hall–Kier alpha value is -0.430. The molecule has 4 nitrogen and oxygen atoms in total. The largest absolute Gasteiger partial charge is 0.315 e. The molecule has 1 aliphatic heterocycles. The molecule has 0 amide bonds. The SMILES string of the molecule is O=S(=O)(NC1CCNC1)c1ccc(Br)cc1. The second-order valence-electron chi connectivity index (χ2n) is 3.76. The van der Waals surface area contributed by atoms with Crippen LogP contribution in [-0.4, -0.2) is 27.5 Å². The lowest BCUT2D eigenvalue weighted by Crippen LogP contribution is -2.36. The molecule has 0 bridgehead atoms. The van der Waals surface area contributed by atoms with Gasteiger partial charge in [0.15, 0.2) is 0 Å². The molecular formula is C10H13BrN2O2S. The van der Waals surface area contributed by atoms with Gasteiger partial charge in [-0.15, -0.1) is 0 Å². The van der Waals surface area contributed by atoms with Crippen LogP contribution in [0.2, 0.25) is 0 Å². The molecule has 1 unspecified atom stereocenters. The van der Waals surface area contributed by atoms with Gasteiger partial charge in [0.25, 0.3) is 0 Å². The van der Waals surface area contributed by atoms with Crippen LogP contribution in [0.3, 0.4) is 0 Å². The minimum absolute atomic E-state index is 0.00801. The lowest BCUT2D eigenvalue weighted by Gasteiger charge is -2.11. The summed E-state index contributed by atoms with van der Waals surface area (Å²) in [6.07, 6.45) is 0.843. The first-order valence-corrected chi connectivity index (χ1v) is 7.34. The van der Waals surface area contributed by atoms with Gasteiger partial charge in [0.05, 0.1) is 4.90 Å². The van der Waals surface area contributed by atoms with E-state index >= 15 is 0 Å². The van der Waals surface area contributed by atoms with Crippen LogP contribution in [0.25, 0.3) is 0 Å². The molecule has 1 heterocycles. The zero-order valence-corrected chi connectivity index (χ0v) is 11.0. The van der Waals surface area contributed by atoms with Crippen LogP contribution in [0.1, 0.15) is 6.42 Å². The highest BCUT2D eigenvalue weighted by atomic mass is 79.9. The van der Waals surface area contributed by atoms with E-state index in [0.717, 1.165) is 17.4 Å². The lowest BCUT2D eigenvalue weighted by molar-refractivity contribution is 0.560. The summed E-state index contributed by atoms with van der Waals surface area (Å²) >= 11 is 3.28. The van der Waals surface area contributed by atoms with Crippen molar-refractivity contribution in [2.45, 2.75) is 17.4 Å². The quantitative estimate of drug-likeness (QED) is 0.879. The molecule has 1 aromatic carbocycles. The van der Waals surface area contributed by atoms with Crippen LogP contribution >= 0.6 is 15.9 Å². The molecule has 2 N–H and O–H groups in total. The molecule has 1 aromatic rings. The Morgan fingerprint density at radius 3 is 2.56 bits per heavy atom. The lowest BCUT2D eigenvalue weighted by atomic mass is 10.3. The minimum Gasteiger partial charge on any atom is -0.315 e. The molecule has 88 valence electrons. The van der Waals surface area contributed by atoms with Crippen LogP contribution < -0.4 is 10.0 Å². The van der Waals surface area contributed by atoms with Crippen LogP contribution in [0, 0.1) is 0 Å². The number of sulfonamides is 1. The molecular weight excluding hydrogens is 292 g/mol. The average Bonchev–Trinajstić information content (AvgIpc) is 2.70. The predicted octanol–water partition coefficient (Wildman–Crippen LogP) is 1.09. The van der Waals surface area contributed by atoms with Crippen LogP contribution in [0.4, 0.5) is 0 Å². The van der Waals surface area contributed by atoms with E-state index in [0.29, 0.717) is 11.4 Å². The first-order chi connectivity index (χ1) is 7.58. The second kappa shape index (κ2) is 4.83. The van der Waals surface area contributed by atoms with E-state index in [1.54, 1.807) is 24.3 Å². The van der Waals surface area contributed by atoms with E-state index in [2.05, 4.69) is 26.0 Å². The summed E-state index contributed by atoms with van der Waals surface area (Å²) in [5.41, 5.74) is 0. The maximum absolute atomic E-state index is 11.9. The first kappa shape index (κ1) is 12.0. The van der Waals surface area contributed by atoms with E-state index < -0.39 is 10.0 Å². The molecule has 1 saturated heterocycles. The number of nitrogens with one attached hydrogen (secondary N) is 2. The molecule has 0 saturated carbocycles. The summed E-state index contributed by atoms with van der Waals surface area (Å²) in [6, 6.07) is 6.64. The minimum atomic E-state index is -3.37. The van der Waals surface area contributed by atoms with Crippen molar-refractivity contribution >= 4 is 26.0 Å². The first-order valence-electron chi connectivity index (χ1n) is 5.06. The van der Waals surface area contributed by atoms with Gasteiger partial charge in [-0.3, -0.25) is 0 Å². The molecule has 0 aromatic heterocycles. The van der Waals surface area contributed by atoms with Crippen molar-refractivity contribution < 1.29 is 8.42 Å². The average molecular weight is 305 g/mol. The fourth-order valence-electron chi connectivity index (χ4n) is 1.66. The Morgan fingerprint density at radius 1 is 1.31 bits per heavy atom. The molecule has 1 atom stereocenters. The molecule has 0 aliphatic carbocycles. The van der Waals surface area contributed by atoms with Crippen molar-refractivity contribution in [3.05, 3.63) is 28.7 Å². The van der Waals surface area contributed by atoms with Crippen LogP contribution in [0.5, 0.6) is 0 Å². The van der Waals surface area contributed by atoms with Crippen molar-refractivity contribution in [2.75, 3.05) is 13.1 Å². The zero-order chi connectivity index (χ0) is 11.6. The fourth-order valence-corrected chi connectivity index (χ4v) is 3.19. The van der Waals surface area contributed by atoms with Crippen LogP contribution in [-0.2, 0) is 10.0 Å². The van der Waals surface area contributed by atoms with Gasteiger partial charge in [0.1, 0.15) is 0 Å². The molecule has 1 fully saturated rings. The topological polar surface area (TPSA) is 58.2 Å². The van der Waals surface area contributed by atoms with Gasteiger partial charge in [-0.2, -0.15) is 0 Å². The van der Waals surface area contributed by atoms with E-state index in [4.69, 9.17) is 0 Å². The number of benzene rings is 1. The second-order valence-corrected chi connectivity index (χ2v) is 6.39. The van der Waals surface area contributed by atoms with Crippen LogP contribution in [0.15, 0.2) is 33.6 Å². The summed E-state index contributed by atoms with van der Waals surface area (Å²) in [7, 11) is -3.37. The summed E-state index contributed by atoms with van der Waals surface area (Å²) in [5, 5.41) is 3.12. The standard InChI is InChI=1S/C10H13BrN2O2S/c11-8-1-3-10(4-2-8)16(14,15)13-9-5-6-12-7-9/h1-4,9,12-13H,5-7H2. The van der Waals surface area contributed by atoms with E-state index in [1.807, 2.05) is 0 Å². The Labute approximate surface area is 104 Å². The van der Waals surface area contributed by atoms with E-state index in [-0.39, 0.29) is 6.04 Å². The van der Waals surface area contributed by atoms with Crippen molar-refractivity contribution in [3.63, 3.8) is 0 Å². The maximum Gasteiger partial charge on any atom is 0.240 e. The van der Waals surface area contributed by atoms with Crippen molar-refractivity contribution in [2.24, 2.45) is 0 Å². The summed E-state index contributed by atoms with van der Waals surface area (Å²) < 4.78 is 27.4. The Bertz CT molecular complexity index is 452. The highest BCUT2D eigenvalue weighted by Gasteiger charge is 2.22. The third-order valence-corrected chi connectivity index (χ3v) is 4.57. The number of halogens is 1. The Balaban J connectivity index is 2.14. The van der Waals surface area contributed by atoms with Gasteiger partial charge < -0.3 is 5.32 Å². The molecule has 16 heavy (non-hydrogen) atoms. The van der Waals surface area contributed by atoms with Gasteiger partial charge in [0, 0.05) is 17.1 Å². The third-order valence-electron chi connectivity index (χ3n) is 2.51. The van der Waals surface area contributed by atoms with Gasteiger partial charge in [-0.05, 0) is 37.2 Å². The highest BCUT2D eigenvalue weighted by Crippen LogP contribution is 2.15. The number of hydrogen-bond donors (Lipinski definition) is 2. The Morgan fingerprint density at radius 2 is 2.00 bits per heavy atom. The van der Waals surface area contributed by atoms with Crippen molar-refractivity contribution in [1.82, 2.24) is 10.0 Å². The van der Waals surface area contributed by atoms with E-state index in [9.17, 15) is 8.42 Å². The molecule has 6 heteroatoms. The molecule has 2 rings (SSSR count). The predicted molar refractivity (Wildman–Crippen MR) is 65.7 cm³/mol.